The van der Waals surface area contributed by atoms with Crippen LogP contribution in [0.15, 0.2) is 22.8 Å². The van der Waals surface area contributed by atoms with E-state index in [2.05, 4.69) is 5.32 Å². The summed E-state index contributed by atoms with van der Waals surface area (Å²) in [5.74, 6) is 1.71. The summed E-state index contributed by atoms with van der Waals surface area (Å²) >= 11 is 0. The molecule has 4 heteroatoms. The Kier molecular flexibility index (Phi) is 2.20. The standard InChI is InChI=1S/C15H20N2O2/c16-14-5-10-4-11(6-14)8-15(7-10,9-14)17-13(18)12-2-1-3-19-12/h1-3,10-11H,4-9,16H2,(H,17,18). The highest BCUT2D eigenvalue weighted by Gasteiger charge is 2.56. The van der Waals surface area contributed by atoms with Crippen LogP contribution in [0, 0.1) is 11.8 Å². The predicted octanol–water partition coefficient (Wildman–Crippen LogP) is 2.06. The van der Waals surface area contributed by atoms with E-state index in [9.17, 15) is 4.79 Å². The van der Waals surface area contributed by atoms with E-state index in [1.807, 2.05) is 0 Å². The smallest absolute Gasteiger partial charge is 0.287 e. The number of rotatable bonds is 2. The van der Waals surface area contributed by atoms with E-state index in [0.29, 0.717) is 17.6 Å². The van der Waals surface area contributed by atoms with E-state index in [4.69, 9.17) is 10.2 Å². The van der Waals surface area contributed by atoms with E-state index in [0.717, 1.165) is 32.1 Å². The maximum atomic E-state index is 12.2. The zero-order valence-corrected chi connectivity index (χ0v) is 11.0. The molecule has 4 aliphatic rings. The molecule has 1 aromatic heterocycles. The highest BCUT2D eigenvalue weighted by molar-refractivity contribution is 5.92. The first-order chi connectivity index (χ1) is 9.06. The van der Waals surface area contributed by atoms with Crippen molar-refractivity contribution in [2.24, 2.45) is 17.6 Å². The van der Waals surface area contributed by atoms with Crippen LogP contribution in [-0.2, 0) is 0 Å². The molecule has 0 saturated heterocycles. The number of carbonyl (C=O) groups excluding carboxylic acids is 1. The van der Waals surface area contributed by atoms with Gasteiger partial charge in [-0.2, -0.15) is 0 Å². The fourth-order valence-corrected chi connectivity index (χ4v) is 5.19. The summed E-state index contributed by atoms with van der Waals surface area (Å²) < 4.78 is 5.19. The van der Waals surface area contributed by atoms with Crippen molar-refractivity contribution in [1.29, 1.82) is 0 Å². The van der Waals surface area contributed by atoms with Crippen LogP contribution in [0.1, 0.15) is 49.1 Å². The van der Waals surface area contributed by atoms with Crippen molar-refractivity contribution >= 4 is 5.91 Å². The maximum Gasteiger partial charge on any atom is 0.287 e. The molecule has 102 valence electrons. The minimum absolute atomic E-state index is 0.0411. The molecular formula is C15H20N2O2. The molecule has 3 N–H and O–H groups in total. The van der Waals surface area contributed by atoms with Crippen LogP contribution in [0.3, 0.4) is 0 Å². The highest BCUT2D eigenvalue weighted by Crippen LogP contribution is 2.56. The van der Waals surface area contributed by atoms with Gasteiger partial charge in [-0.3, -0.25) is 4.79 Å². The Morgan fingerprint density at radius 2 is 2.05 bits per heavy atom. The molecule has 0 aliphatic heterocycles. The third kappa shape index (κ3) is 1.81. The summed E-state index contributed by atoms with van der Waals surface area (Å²) in [5.41, 5.74) is 6.40. The molecule has 0 aromatic carbocycles. The summed E-state index contributed by atoms with van der Waals surface area (Å²) in [4.78, 5) is 12.2. The molecule has 1 aromatic rings. The average molecular weight is 260 g/mol. The van der Waals surface area contributed by atoms with E-state index >= 15 is 0 Å². The lowest BCUT2D eigenvalue weighted by Gasteiger charge is -2.61. The number of hydrogen-bond acceptors (Lipinski definition) is 3. The van der Waals surface area contributed by atoms with Crippen molar-refractivity contribution in [3.05, 3.63) is 24.2 Å². The second kappa shape index (κ2) is 3.63. The van der Waals surface area contributed by atoms with Crippen LogP contribution >= 0.6 is 0 Å². The minimum Gasteiger partial charge on any atom is -0.459 e. The molecular weight excluding hydrogens is 240 g/mol. The Balaban J connectivity index is 1.59. The van der Waals surface area contributed by atoms with Gasteiger partial charge < -0.3 is 15.5 Å². The van der Waals surface area contributed by atoms with Crippen LogP contribution in [0.2, 0.25) is 0 Å². The minimum atomic E-state index is -0.0875. The number of carbonyl (C=O) groups is 1. The fraction of sp³-hybridized carbons (Fsp3) is 0.667. The summed E-state index contributed by atoms with van der Waals surface area (Å²) in [7, 11) is 0. The number of nitrogens with two attached hydrogens (primary N) is 1. The predicted molar refractivity (Wildman–Crippen MR) is 70.5 cm³/mol. The molecule has 1 amide bonds. The first kappa shape index (κ1) is 11.5. The Morgan fingerprint density at radius 3 is 2.63 bits per heavy atom. The average Bonchev–Trinajstić information content (AvgIpc) is 2.77. The van der Waals surface area contributed by atoms with Crippen LogP contribution in [0.5, 0.6) is 0 Å². The lowest BCUT2D eigenvalue weighted by atomic mass is 9.50. The van der Waals surface area contributed by atoms with Gasteiger partial charge in [-0.1, -0.05) is 0 Å². The van der Waals surface area contributed by atoms with Gasteiger partial charge in [0.05, 0.1) is 6.26 Å². The number of amides is 1. The Morgan fingerprint density at radius 1 is 1.32 bits per heavy atom. The summed E-state index contributed by atoms with van der Waals surface area (Å²) in [5, 5.41) is 3.24. The largest absolute Gasteiger partial charge is 0.459 e. The van der Waals surface area contributed by atoms with Crippen LogP contribution in [0.25, 0.3) is 0 Å². The van der Waals surface area contributed by atoms with Gasteiger partial charge in [-0.15, -0.1) is 0 Å². The second-order valence-electron chi connectivity index (χ2n) is 7.04. The third-order valence-corrected chi connectivity index (χ3v) is 5.23. The molecule has 2 unspecified atom stereocenters. The van der Waals surface area contributed by atoms with Gasteiger partial charge in [-0.05, 0) is 62.5 Å². The first-order valence-corrected chi connectivity index (χ1v) is 7.21. The number of furan rings is 1. The van der Waals surface area contributed by atoms with Gasteiger partial charge in [0.25, 0.3) is 5.91 Å². The van der Waals surface area contributed by atoms with Gasteiger partial charge >= 0.3 is 0 Å². The molecule has 4 saturated carbocycles. The van der Waals surface area contributed by atoms with Gasteiger partial charge in [0.15, 0.2) is 5.76 Å². The number of hydrogen-bond donors (Lipinski definition) is 2. The molecule has 4 fully saturated rings. The molecule has 5 rings (SSSR count). The van der Waals surface area contributed by atoms with Gasteiger partial charge in [0.1, 0.15) is 0 Å². The quantitative estimate of drug-likeness (QED) is 0.855. The van der Waals surface area contributed by atoms with Crippen LogP contribution in [-0.4, -0.2) is 17.0 Å². The molecule has 1 heterocycles. The lowest BCUT2D eigenvalue weighted by Crippen LogP contribution is -2.68. The van der Waals surface area contributed by atoms with Crippen molar-refractivity contribution < 1.29 is 9.21 Å². The summed E-state index contributed by atoms with van der Waals surface area (Å²) in [6.45, 7) is 0. The highest BCUT2D eigenvalue weighted by atomic mass is 16.3. The van der Waals surface area contributed by atoms with Gasteiger partial charge in [0.2, 0.25) is 0 Å². The van der Waals surface area contributed by atoms with Crippen molar-refractivity contribution in [2.45, 2.75) is 49.6 Å². The molecule has 0 radical (unpaired) electrons. The van der Waals surface area contributed by atoms with Crippen molar-refractivity contribution in [3.63, 3.8) is 0 Å². The molecule has 19 heavy (non-hydrogen) atoms. The van der Waals surface area contributed by atoms with Crippen LogP contribution in [0.4, 0.5) is 0 Å². The molecule has 4 aliphatic carbocycles. The topological polar surface area (TPSA) is 68.3 Å². The zero-order valence-electron chi connectivity index (χ0n) is 11.0. The second-order valence-corrected chi connectivity index (χ2v) is 7.04. The van der Waals surface area contributed by atoms with Crippen molar-refractivity contribution in [1.82, 2.24) is 5.32 Å². The lowest BCUT2D eigenvalue weighted by molar-refractivity contribution is -0.0324. The normalized spacial score (nSPS) is 43.4. The monoisotopic (exact) mass is 260 g/mol. The SMILES string of the molecule is NC12CC3CC(C1)CC(NC(=O)c1ccco1)(C3)C2. The number of nitrogens with one attached hydrogen (secondary N) is 1. The maximum absolute atomic E-state index is 12.2. The fourth-order valence-electron chi connectivity index (χ4n) is 5.19. The first-order valence-electron chi connectivity index (χ1n) is 7.21. The molecule has 4 nitrogen and oxygen atoms in total. The van der Waals surface area contributed by atoms with E-state index in [-0.39, 0.29) is 17.0 Å². The Bertz CT molecular complexity index is 494. The van der Waals surface area contributed by atoms with Gasteiger partial charge in [0, 0.05) is 11.1 Å². The van der Waals surface area contributed by atoms with Crippen molar-refractivity contribution in [3.8, 4) is 0 Å². The van der Waals surface area contributed by atoms with Gasteiger partial charge in [-0.25, -0.2) is 0 Å². The zero-order chi connectivity index (χ0) is 13.1. The Labute approximate surface area is 112 Å². The molecule has 2 atom stereocenters. The van der Waals surface area contributed by atoms with Crippen LogP contribution < -0.4 is 11.1 Å². The summed E-state index contributed by atoms with van der Waals surface area (Å²) in [6, 6.07) is 3.47. The van der Waals surface area contributed by atoms with Crippen molar-refractivity contribution in [2.75, 3.05) is 0 Å². The van der Waals surface area contributed by atoms with E-state index in [1.54, 1.807) is 18.4 Å². The summed E-state index contributed by atoms with van der Waals surface area (Å²) in [6.07, 6.45) is 8.24. The molecule has 0 spiro atoms. The Hall–Kier alpha value is -1.29. The van der Waals surface area contributed by atoms with E-state index < -0.39 is 0 Å². The third-order valence-electron chi connectivity index (χ3n) is 5.23. The molecule has 4 bridgehead atoms. The van der Waals surface area contributed by atoms with E-state index in [1.165, 1.54) is 6.42 Å².